The minimum Gasteiger partial charge on any atom is -0.308 e. The first-order chi connectivity index (χ1) is 8.75. The molecule has 0 aliphatic heterocycles. The lowest BCUT2D eigenvalue weighted by atomic mass is 10.2. The Hall–Kier alpha value is 0.0500. The molecule has 4 nitrogen and oxygen atoms in total. The number of rotatable bonds is 7. The molecule has 0 bridgehead atoms. The van der Waals surface area contributed by atoms with E-state index in [0.717, 1.165) is 6.54 Å². The van der Waals surface area contributed by atoms with Crippen molar-refractivity contribution in [3.8, 4) is 0 Å². The van der Waals surface area contributed by atoms with Crippen LogP contribution in [0.25, 0.3) is 0 Å². The summed E-state index contributed by atoms with van der Waals surface area (Å²) in [4.78, 5) is 1.99. The second-order valence-corrected chi connectivity index (χ2v) is 9.02. The monoisotopic (exact) mass is 368 g/mol. The summed E-state index contributed by atoms with van der Waals surface area (Å²) < 4.78 is 27.9. The van der Waals surface area contributed by atoms with Gasteiger partial charge in [0.2, 0.25) is 0 Å². The fourth-order valence-corrected chi connectivity index (χ4v) is 5.65. The van der Waals surface area contributed by atoms with Gasteiger partial charge in [0.15, 0.2) is 0 Å². The molecule has 0 unspecified atom stereocenters. The molecule has 0 radical (unpaired) electrons. The Morgan fingerprint density at radius 2 is 1.95 bits per heavy atom. The van der Waals surface area contributed by atoms with Gasteiger partial charge in [0, 0.05) is 24.1 Å². The number of nitrogens with zero attached hydrogens (tertiary/aromatic N) is 2. The molecule has 7 heteroatoms. The number of halogens is 1. The maximum Gasteiger partial charge on any atom is 0.253 e. The highest BCUT2D eigenvalue weighted by Gasteiger charge is 2.28. The minimum absolute atomic E-state index is 0.302. The molecular formula is C12H21BrN2O2S2. The molecule has 0 aliphatic carbocycles. The molecule has 0 saturated heterocycles. The summed E-state index contributed by atoms with van der Waals surface area (Å²) in [6.45, 7) is 5.83. The van der Waals surface area contributed by atoms with Gasteiger partial charge in [-0.15, -0.1) is 11.3 Å². The molecule has 0 atom stereocenters. The van der Waals surface area contributed by atoms with Crippen LogP contribution in [0.3, 0.4) is 0 Å². The lowest BCUT2D eigenvalue weighted by Gasteiger charge is -2.25. The van der Waals surface area contributed by atoms with Gasteiger partial charge in [0.1, 0.15) is 4.21 Å². The van der Waals surface area contributed by atoms with Crippen LogP contribution in [0.15, 0.2) is 20.1 Å². The lowest BCUT2D eigenvalue weighted by Crippen LogP contribution is -2.38. The van der Waals surface area contributed by atoms with Gasteiger partial charge < -0.3 is 4.90 Å². The molecule has 0 N–H and O–H groups in total. The van der Waals surface area contributed by atoms with E-state index in [9.17, 15) is 8.42 Å². The summed E-state index contributed by atoms with van der Waals surface area (Å²) in [7, 11) is 0.491. The Kier molecular flexibility index (Phi) is 6.46. The molecule has 1 aromatic rings. The molecule has 1 aromatic heterocycles. The summed E-state index contributed by atoms with van der Waals surface area (Å²) in [5, 5.41) is 1.79. The molecular weight excluding hydrogens is 348 g/mol. The van der Waals surface area contributed by atoms with E-state index >= 15 is 0 Å². The predicted octanol–water partition coefficient (Wildman–Crippen LogP) is 2.72. The topological polar surface area (TPSA) is 40.6 Å². The largest absolute Gasteiger partial charge is 0.308 e. The zero-order valence-corrected chi connectivity index (χ0v) is 15.0. The number of likely N-dealkylation sites (N-methyl/N-ethyl adjacent to an activating group) is 1. The highest BCUT2D eigenvalue weighted by Crippen LogP contribution is 2.30. The quantitative estimate of drug-likeness (QED) is 0.742. The van der Waals surface area contributed by atoms with Crippen LogP contribution in [-0.4, -0.2) is 51.4 Å². The Morgan fingerprint density at radius 1 is 1.32 bits per heavy atom. The Morgan fingerprint density at radius 3 is 2.37 bits per heavy atom. The van der Waals surface area contributed by atoms with Gasteiger partial charge >= 0.3 is 0 Å². The first-order valence-electron chi connectivity index (χ1n) is 6.13. The van der Waals surface area contributed by atoms with Crippen molar-refractivity contribution in [3.05, 3.63) is 15.9 Å². The smallest absolute Gasteiger partial charge is 0.253 e. The molecule has 110 valence electrons. The molecule has 0 saturated carbocycles. The van der Waals surface area contributed by atoms with Crippen LogP contribution in [0.1, 0.15) is 13.8 Å². The molecule has 0 aliphatic rings. The summed E-state index contributed by atoms with van der Waals surface area (Å²) in [6, 6.07) is 1.77. The van der Waals surface area contributed by atoms with Crippen LogP contribution in [0.2, 0.25) is 0 Å². The van der Waals surface area contributed by atoms with Gasteiger partial charge in [0.25, 0.3) is 10.0 Å². The maximum atomic E-state index is 12.7. The van der Waals surface area contributed by atoms with Crippen LogP contribution in [-0.2, 0) is 10.0 Å². The van der Waals surface area contributed by atoms with Crippen molar-refractivity contribution in [2.75, 3.05) is 33.7 Å². The van der Waals surface area contributed by atoms with E-state index in [2.05, 4.69) is 15.9 Å². The SMILES string of the molecule is CC(C)CN(CCN(C)C)S(=O)(=O)c1sccc1Br. The number of sulfonamides is 1. The zero-order chi connectivity index (χ0) is 14.6. The van der Waals surface area contributed by atoms with E-state index in [0.29, 0.717) is 27.7 Å². The Balaban J connectivity index is 2.99. The normalized spacial score (nSPS) is 12.8. The molecule has 0 amide bonds. The van der Waals surface area contributed by atoms with Gasteiger partial charge in [-0.3, -0.25) is 0 Å². The van der Waals surface area contributed by atoms with Crippen LogP contribution in [0.5, 0.6) is 0 Å². The first kappa shape index (κ1) is 17.1. The second kappa shape index (κ2) is 7.17. The van der Waals surface area contributed by atoms with Crippen molar-refractivity contribution in [2.45, 2.75) is 18.1 Å². The van der Waals surface area contributed by atoms with Gasteiger partial charge in [-0.25, -0.2) is 8.42 Å². The Labute approximate surface area is 128 Å². The maximum absolute atomic E-state index is 12.7. The summed E-state index contributed by atoms with van der Waals surface area (Å²) in [5.41, 5.74) is 0. The highest BCUT2D eigenvalue weighted by atomic mass is 79.9. The molecule has 0 fully saturated rings. The second-order valence-electron chi connectivity index (χ2n) is 5.12. The highest BCUT2D eigenvalue weighted by molar-refractivity contribution is 9.10. The van der Waals surface area contributed by atoms with Crippen molar-refractivity contribution in [2.24, 2.45) is 5.92 Å². The lowest BCUT2D eigenvalue weighted by molar-refractivity contribution is 0.313. The van der Waals surface area contributed by atoms with E-state index in [1.165, 1.54) is 11.3 Å². The van der Waals surface area contributed by atoms with Crippen LogP contribution < -0.4 is 0 Å². The van der Waals surface area contributed by atoms with Gasteiger partial charge in [-0.1, -0.05) is 13.8 Å². The van der Waals surface area contributed by atoms with E-state index in [1.54, 1.807) is 15.8 Å². The third-order valence-corrected chi connectivity index (χ3v) is 7.04. The number of hydrogen-bond donors (Lipinski definition) is 0. The fraction of sp³-hybridized carbons (Fsp3) is 0.667. The zero-order valence-electron chi connectivity index (χ0n) is 11.8. The average molecular weight is 369 g/mol. The van der Waals surface area contributed by atoms with E-state index in [-0.39, 0.29) is 0 Å². The van der Waals surface area contributed by atoms with E-state index in [4.69, 9.17) is 0 Å². The third-order valence-electron chi connectivity index (χ3n) is 2.52. The van der Waals surface area contributed by atoms with Gasteiger partial charge in [-0.05, 0) is 47.4 Å². The van der Waals surface area contributed by atoms with Crippen molar-refractivity contribution in [3.63, 3.8) is 0 Å². The molecule has 1 heterocycles. The van der Waals surface area contributed by atoms with Gasteiger partial charge in [0.05, 0.1) is 0 Å². The number of hydrogen-bond acceptors (Lipinski definition) is 4. The summed E-state index contributed by atoms with van der Waals surface area (Å²) in [5.74, 6) is 0.302. The van der Waals surface area contributed by atoms with Crippen molar-refractivity contribution < 1.29 is 8.42 Å². The van der Waals surface area contributed by atoms with Crippen molar-refractivity contribution in [1.29, 1.82) is 0 Å². The minimum atomic E-state index is -3.40. The summed E-state index contributed by atoms with van der Waals surface area (Å²) in [6.07, 6.45) is 0. The van der Waals surface area contributed by atoms with Gasteiger partial charge in [-0.2, -0.15) is 4.31 Å². The molecule has 0 aromatic carbocycles. The van der Waals surface area contributed by atoms with Crippen LogP contribution in [0, 0.1) is 5.92 Å². The van der Waals surface area contributed by atoms with E-state index in [1.807, 2.05) is 32.8 Å². The van der Waals surface area contributed by atoms with Crippen molar-refractivity contribution >= 4 is 37.3 Å². The average Bonchev–Trinajstić information content (AvgIpc) is 2.70. The first-order valence-corrected chi connectivity index (χ1v) is 9.24. The van der Waals surface area contributed by atoms with Crippen LogP contribution in [0.4, 0.5) is 0 Å². The van der Waals surface area contributed by atoms with Crippen LogP contribution >= 0.6 is 27.3 Å². The predicted molar refractivity (Wildman–Crippen MR) is 84.2 cm³/mol. The standard InChI is InChI=1S/C12H21BrN2O2S2/c1-10(2)9-15(7-6-14(3)4)19(16,17)12-11(13)5-8-18-12/h5,8,10H,6-7,9H2,1-4H3. The molecule has 0 spiro atoms. The fourth-order valence-electron chi connectivity index (χ4n) is 1.61. The Bertz CT molecular complexity index is 498. The van der Waals surface area contributed by atoms with E-state index < -0.39 is 10.0 Å². The third kappa shape index (κ3) is 4.82. The summed E-state index contributed by atoms with van der Waals surface area (Å²) >= 11 is 4.57. The number of thiophene rings is 1. The van der Waals surface area contributed by atoms with Crippen molar-refractivity contribution in [1.82, 2.24) is 9.21 Å². The molecule has 19 heavy (non-hydrogen) atoms. The molecule has 1 rings (SSSR count).